The predicted octanol–water partition coefficient (Wildman–Crippen LogP) is 2.46. The van der Waals surface area contributed by atoms with E-state index >= 15 is 0 Å². The van der Waals surface area contributed by atoms with Gasteiger partial charge in [0.25, 0.3) is 0 Å². The highest BCUT2D eigenvalue weighted by Crippen LogP contribution is 1.80. The van der Waals surface area contributed by atoms with Gasteiger partial charge in [0.15, 0.2) is 0 Å². The molecular formula is C14H29NO2. The molecule has 1 N–H and O–H groups in total. The van der Waals surface area contributed by atoms with E-state index in [1.54, 1.807) is 0 Å². The van der Waals surface area contributed by atoms with Crippen LogP contribution in [0, 0.1) is 11.8 Å². The Morgan fingerprint density at radius 3 is 2.24 bits per heavy atom. The van der Waals surface area contributed by atoms with Crippen molar-refractivity contribution in [1.29, 1.82) is 0 Å². The number of ether oxygens (including phenoxy) is 2. The standard InChI is InChI=1S/C12H23NO2.C2H6/c1-4-5-6-8-14-10-11-15-9-7-13-12(2)3;1-2/h12-13H,4,7-11H2,1-3H3;1-2H3. The molecule has 17 heavy (non-hydrogen) atoms. The van der Waals surface area contributed by atoms with Crippen molar-refractivity contribution in [1.82, 2.24) is 5.32 Å². The monoisotopic (exact) mass is 243 g/mol. The first-order valence-electron chi connectivity index (χ1n) is 6.62. The fourth-order valence-electron chi connectivity index (χ4n) is 0.939. The van der Waals surface area contributed by atoms with Crippen LogP contribution in [0.5, 0.6) is 0 Å². The maximum absolute atomic E-state index is 5.35. The lowest BCUT2D eigenvalue weighted by atomic mass is 10.4. The molecule has 0 saturated heterocycles. The van der Waals surface area contributed by atoms with Gasteiger partial charge in [-0.25, -0.2) is 0 Å². The molecule has 0 unspecified atom stereocenters. The molecular weight excluding hydrogens is 214 g/mol. The Kier molecular flexibility index (Phi) is 19.7. The molecule has 0 aromatic heterocycles. The van der Waals surface area contributed by atoms with Crippen LogP contribution in [0.25, 0.3) is 0 Å². The molecule has 0 bridgehead atoms. The molecule has 102 valence electrons. The van der Waals surface area contributed by atoms with Crippen LogP contribution in [0.15, 0.2) is 0 Å². The van der Waals surface area contributed by atoms with E-state index in [2.05, 4.69) is 31.0 Å². The Hall–Kier alpha value is -0.560. The summed E-state index contributed by atoms with van der Waals surface area (Å²) in [5, 5.41) is 3.28. The van der Waals surface area contributed by atoms with E-state index < -0.39 is 0 Å². The molecule has 0 saturated carbocycles. The summed E-state index contributed by atoms with van der Waals surface area (Å²) in [5.74, 6) is 5.86. The fourth-order valence-corrected chi connectivity index (χ4v) is 0.939. The van der Waals surface area contributed by atoms with Gasteiger partial charge in [-0.05, 0) is 0 Å². The Morgan fingerprint density at radius 2 is 1.65 bits per heavy atom. The van der Waals surface area contributed by atoms with Crippen molar-refractivity contribution in [2.75, 3.05) is 33.0 Å². The van der Waals surface area contributed by atoms with Crippen LogP contribution < -0.4 is 5.32 Å². The summed E-state index contributed by atoms with van der Waals surface area (Å²) >= 11 is 0. The molecule has 0 aliphatic carbocycles. The normalized spacial score (nSPS) is 9.29. The lowest BCUT2D eigenvalue weighted by Crippen LogP contribution is -2.27. The topological polar surface area (TPSA) is 30.5 Å². The zero-order valence-corrected chi connectivity index (χ0v) is 12.1. The van der Waals surface area contributed by atoms with Crippen molar-refractivity contribution in [2.24, 2.45) is 0 Å². The minimum atomic E-state index is 0.515. The minimum Gasteiger partial charge on any atom is -0.378 e. The first-order chi connectivity index (χ1) is 8.27. The Balaban J connectivity index is 0. The second-order valence-electron chi connectivity index (χ2n) is 3.48. The maximum atomic E-state index is 5.35. The zero-order valence-electron chi connectivity index (χ0n) is 12.1. The van der Waals surface area contributed by atoms with Crippen LogP contribution in [0.1, 0.15) is 41.0 Å². The summed E-state index contributed by atoms with van der Waals surface area (Å²) in [6.07, 6.45) is 0.890. The van der Waals surface area contributed by atoms with Gasteiger partial charge in [-0.2, -0.15) is 0 Å². The summed E-state index contributed by atoms with van der Waals surface area (Å²) < 4.78 is 10.6. The van der Waals surface area contributed by atoms with Gasteiger partial charge < -0.3 is 14.8 Å². The van der Waals surface area contributed by atoms with Crippen molar-refractivity contribution in [3.05, 3.63) is 0 Å². The van der Waals surface area contributed by atoms with E-state index in [0.29, 0.717) is 25.9 Å². The molecule has 0 fully saturated rings. The molecule has 3 nitrogen and oxygen atoms in total. The van der Waals surface area contributed by atoms with Gasteiger partial charge in [-0.15, -0.1) is 5.92 Å². The highest BCUT2D eigenvalue weighted by molar-refractivity contribution is 4.97. The third kappa shape index (κ3) is 21.3. The lowest BCUT2D eigenvalue weighted by molar-refractivity contribution is 0.0608. The molecule has 0 amide bonds. The molecule has 0 aromatic carbocycles. The van der Waals surface area contributed by atoms with Crippen LogP contribution >= 0.6 is 0 Å². The van der Waals surface area contributed by atoms with E-state index in [9.17, 15) is 0 Å². The largest absolute Gasteiger partial charge is 0.378 e. The van der Waals surface area contributed by atoms with Crippen LogP contribution in [0.2, 0.25) is 0 Å². The minimum absolute atomic E-state index is 0.515. The molecule has 0 aliphatic rings. The molecule has 0 rings (SSSR count). The maximum Gasteiger partial charge on any atom is 0.107 e. The van der Waals surface area contributed by atoms with Crippen LogP contribution in [-0.2, 0) is 9.47 Å². The molecule has 0 aliphatic heterocycles. The molecule has 0 radical (unpaired) electrons. The van der Waals surface area contributed by atoms with E-state index in [-0.39, 0.29) is 0 Å². The van der Waals surface area contributed by atoms with E-state index in [4.69, 9.17) is 9.47 Å². The lowest BCUT2D eigenvalue weighted by Gasteiger charge is -2.08. The van der Waals surface area contributed by atoms with Crippen LogP contribution in [-0.4, -0.2) is 39.0 Å². The third-order valence-corrected chi connectivity index (χ3v) is 1.65. The number of hydrogen-bond acceptors (Lipinski definition) is 3. The Morgan fingerprint density at radius 1 is 1.00 bits per heavy atom. The Labute approximate surface area is 107 Å². The van der Waals surface area contributed by atoms with Gasteiger partial charge in [0.1, 0.15) is 6.61 Å². The quantitative estimate of drug-likeness (QED) is 0.525. The van der Waals surface area contributed by atoms with E-state index in [1.165, 1.54) is 0 Å². The van der Waals surface area contributed by atoms with Gasteiger partial charge in [0.05, 0.1) is 19.8 Å². The van der Waals surface area contributed by atoms with Crippen molar-refractivity contribution >= 4 is 0 Å². The smallest absolute Gasteiger partial charge is 0.107 e. The average Bonchev–Trinajstić information content (AvgIpc) is 2.34. The molecule has 0 atom stereocenters. The highest BCUT2D eigenvalue weighted by Gasteiger charge is 1.91. The van der Waals surface area contributed by atoms with Crippen LogP contribution in [0.3, 0.4) is 0 Å². The predicted molar refractivity (Wildman–Crippen MR) is 74.2 cm³/mol. The fraction of sp³-hybridized carbons (Fsp3) is 0.857. The highest BCUT2D eigenvalue weighted by atomic mass is 16.5. The number of nitrogens with one attached hydrogen (secondary N) is 1. The Bertz CT molecular complexity index is 182. The van der Waals surface area contributed by atoms with Gasteiger partial charge >= 0.3 is 0 Å². The van der Waals surface area contributed by atoms with Crippen molar-refractivity contribution < 1.29 is 9.47 Å². The van der Waals surface area contributed by atoms with Gasteiger partial charge in [-0.3, -0.25) is 0 Å². The first-order valence-corrected chi connectivity index (χ1v) is 6.62. The summed E-state index contributed by atoms with van der Waals surface area (Å²) in [6.45, 7) is 13.7. The molecule has 0 heterocycles. The first kappa shape index (κ1) is 18.8. The van der Waals surface area contributed by atoms with Gasteiger partial charge in [0, 0.05) is 19.0 Å². The van der Waals surface area contributed by atoms with E-state index in [1.807, 2.05) is 20.8 Å². The van der Waals surface area contributed by atoms with Crippen LogP contribution in [0.4, 0.5) is 0 Å². The molecule has 0 spiro atoms. The van der Waals surface area contributed by atoms with Gasteiger partial charge in [-0.1, -0.05) is 40.5 Å². The SMILES string of the molecule is CC.CCC#CCOCCOCCNC(C)C. The van der Waals surface area contributed by atoms with Crippen molar-refractivity contribution in [2.45, 2.75) is 47.1 Å². The zero-order chi connectivity index (χ0) is 13.4. The third-order valence-electron chi connectivity index (χ3n) is 1.65. The number of hydrogen-bond donors (Lipinski definition) is 1. The molecule has 0 aromatic rings. The molecule has 3 heteroatoms. The van der Waals surface area contributed by atoms with Gasteiger partial charge in [0.2, 0.25) is 0 Å². The number of rotatable bonds is 8. The second kappa shape index (κ2) is 17.8. The van der Waals surface area contributed by atoms with Crippen molar-refractivity contribution in [3.63, 3.8) is 0 Å². The van der Waals surface area contributed by atoms with E-state index in [0.717, 1.165) is 19.6 Å². The summed E-state index contributed by atoms with van der Waals surface area (Å²) in [6, 6.07) is 0.522. The summed E-state index contributed by atoms with van der Waals surface area (Å²) in [5.41, 5.74) is 0. The van der Waals surface area contributed by atoms with Crippen molar-refractivity contribution in [3.8, 4) is 11.8 Å². The second-order valence-corrected chi connectivity index (χ2v) is 3.48. The summed E-state index contributed by atoms with van der Waals surface area (Å²) in [7, 11) is 0. The summed E-state index contributed by atoms with van der Waals surface area (Å²) in [4.78, 5) is 0. The average molecular weight is 243 g/mol.